The number of carbonyl (C=O) groups excluding carboxylic acids is 1. The summed E-state index contributed by atoms with van der Waals surface area (Å²) in [5.74, 6) is 1.32. The highest BCUT2D eigenvalue weighted by Gasteiger charge is 2.31. The van der Waals surface area contributed by atoms with Crippen molar-refractivity contribution in [1.29, 1.82) is 0 Å². The highest BCUT2D eigenvalue weighted by atomic mass is 16.2. The van der Waals surface area contributed by atoms with Gasteiger partial charge in [-0.25, -0.2) is 9.97 Å². The van der Waals surface area contributed by atoms with Crippen LogP contribution in [0.1, 0.15) is 12.8 Å². The molecule has 0 bridgehead atoms. The Labute approximate surface area is 135 Å². The number of H-pyrrole nitrogens is 1. The molecule has 122 valence electrons. The van der Waals surface area contributed by atoms with Gasteiger partial charge in [-0.05, 0) is 18.9 Å². The van der Waals surface area contributed by atoms with Crippen molar-refractivity contribution in [3.05, 3.63) is 18.6 Å². The number of aromatic nitrogens is 3. The molecule has 2 aromatic heterocycles. The van der Waals surface area contributed by atoms with Gasteiger partial charge in [0.2, 0.25) is 5.91 Å². The molecule has 0 aliphatic carbocycles. The summed E-state index contributed by atoms with van der Waals surface area (Å²) in [5.41, 5.74) is 0.852. The highest BCUT2D eigenvalue weighted by molar-refractivity contribution is 5.88. The van der Waals surface area contributed by atoms with Crippen molar-refractivity contribution in [2.75, 3.05) is 44.2 Å². The fourth-order valence-corrected chi connectivity index (χ4v) is 3.63. The van der Waals surface area contributed by atoms with Crippen molar-refractivity contribution in [2.45, 2.75) is 12.8 Å². The Morgan fingerprint density at radius 2 is 2.09 bits per heavy atom. The van der Waals surface area contributed by atoms with Crippen LogP contribution in [-0.2, 0) is 4.79 Å². The van der Waals surface area contributed by atoms with E-state index in [9.17, 15) is 4.79 Å². The quantitative estimate of drug-likeness (QED) is 0.849. The molecule has 2 aliphatic rings. The number of piperazine rings is 1. The van der Waals surface area contributed by atoms with Gasteiger partial charge in [-0.15, -0.1) is 0 Å². The van der Waals surface area contributed by atoms with Crippen LogP contribution in [0.4, 0.5) is 5.82 Å². The minimum Gasteiger partial charge on any atom is -0.355 e. The van der Waals surface area contributed by atoms with Crippen LogP contribution in [0.5, 0.6) is 0 Å². The first-order valence-corrected chi connectivity index (χ1v) is 8.35. The molecule has 2 aromatic rings. The van der Waals surface area contributed by atoms with Crippen LogP contribution in [0, 0.1) is 5.92 Å². The van der Waals surface area contributed by atoms with E-state index in [4.69, 9.17) is 0 Å². The van der Waals surface area contributed by atoms with Gasteiger partial charge in [0.05, 0.1) is 11.3 Å². The summed E-state index contributed by atoms with van der Waals surface area (Å²) in [6.07, 6.45) is 5.48. The SMILES string of the molecule is O=C(C1CCCN(c2ncnc3[nH]ccc23)C1)N1CCNCC1. The molecule has 4 rings (SSSR count). The van der Waals surface area contributed by atoms with Crippen molar-refractivity contribution in [3.63, 3.8) is 0 Å². The summed E-state index contributed by atoms with van der Waals surface area (Å²) in [7, 11) is 0. The number of anilines is 1. The Balaban J connectivity index is 1.52. The third-order valence-electron chi connectivity index (χ3n) is 4.83. The van der Waals surface area contributed by atoms with Crippen LogP contribution < -0.4 is 10.2 Å². The van der Waals surface area contributed by atoms with E-state index in [0.29, 0.717) is 5.91 Å². The van der Waals surface area contributed by atoms with Crippen LogP contribution in [0.15, 0.2) is 18.6 Å². The summed E-state index contributed by atoms with van der Waals surface area (Å²) < 4.78 is 0. The second-order valence-corrected chi connectivity index (χ2v) is 6.30. The number of nitrogens with one attached hydrogen (secondary N) is 2. The normalized spacial score (nSPS) is 22.5. The molecule has 7 nitrogen and oxygen atoms in total. The molecule has 2 fully saturated rings. The molecule has 23 heavy (non-hydrogen) atoms. The first-order valence-electron chi connectivity index (χ1n) is 8.35. The van der Waals surface area contributed by atoms with Gasteiger partial charge in [0.25, 0.3) is 0 Å². The monoisotopic (exact) mass is 314 g/mol. The number of piperidine rings is 1. The van der Waals surface area contributed by atoms with Crippen molar-refractivity contribution in [2.24, 2.45) is 5.92 Å². The van der Waals surface area contributed by atoms with Gasteiger partial charge in [0.15, 0.2) is 0 Å². The topological polar surface area (TPSA) is 77.2 Å². The summed E-state index contributed by atoms with van der Waals surface area (Å²) >= 11 is 0. The number of amides is 1. The van der Waals surface area contributed by atoms with E-state index in [-0.39, 0.29) is 5.92 Å². The molecule has 7 heteroatoms. The van der Waals surface area contributed by atoms with Crippen molar-refractivity contribution < 1.29 is 4.79 Å². The zero-order valence-corrected chi connectivity index (χ0v) is 13.2. The van der Waals surface area contributed by atoms with Gasteiger partial charge in [-0.3, -0.25) is 4.79 Å². The average molecular weight is 314 g/mol. The van der Waals surface area contributed by atoms with Crippen molar-refractivity contribution in [3.8, 4) is 0 Å². The zero-order chi connectivity index (χ0) is 15.6. The second kappa shape index (κ2) is 6.16. The molecule has 1 amide bonds. The van der Waals surface area contributed by atoms with E-state index in [1.54, 1.807) is 6.33 Å². The molecule has 0 spiro atoms. The smallest absolute Gasteiger partial charge is 0.227 e. The maximum atomic E-state index is 12.8. The summed E-state index contributed by atoms with van der Waals surface area (Å²) in [6, 6.07) is 2.01. The fraction of sp³-hybridized carbons (Fsp3) is 0.562. The number of hydrogen-bond donors (Lipinski definition) is 2. The van der Waals surface area contributed by atoms with Crippen LogP contribution >= 0.6 is 0 Å². The number of fused-ring (bicyclic) bond motifs is 1. The van der Waals surface area contributed by atoms with E-state index in [1.807, 2.05) is 17.2 Å². The minimum absolute atomic E-state index is 0.0748. The molecule has 0 aromatic carbocycles. The Morgan fingerprint density at radius 1 is 1.22 bits per heavy atom. The predicted octanol–water partition coefficient (Wildman–Crippen LogP) is 0.606. The second-order valence-electron chi connectivity index (χ2n) is 6.30. The predicted molar refractivity (Wildman–Crippen MR) is 88.3 cm³/mol. The fourth-order valence-electron chi connectivity index (χ4n) is 3.63. The number of nitrogens with zero attached hydrogens (tertiary/aromatic N) is 4. The van der Waals surface area contributed by atoms with E-state index in [0.717, 1.165) is 69.0 Å². The molecule has 4 heterocycles. The maximum Gasteiger partial charge on any atom is 0.227 e. The molecule has 0 saturated carbocycles. The van der Waals surface area contributed by atoms with Gasteiger partial charge >= 0.3 is 0 Å². The van der Waals surface area contributed by atoms with Gasteiger partial charge in [0.1, 0.15) is 17.8 Å². The Kier molecular flexibility index (Phi) is 3.87. The molecule has 2 aliphatic heterocycles. The lowest BCUT2D eigenvalue weighted by Crippen LogP contribution is -2.51. The minimum atomic E-state index is 0.0748. The molecular formula is C16H22N6O. The van der Waals surface area contributed by atoms with Gasteiger partial charge in [0, 0.05) is 45.5 Å². The van der Waals surface area contributed by atoms with Crippen LogP contribution in [0.25, 0.3) is 11.0 Å². The van der Waals surface area contributed by atoms with E-state index in [2.05, 4.69) is 25.2 Å². The first kappa shape index (κ1) is 14.4. The van der Waals surface area contributed by atoms with E-state index in [1.165, 1.54) is 0 Å². The lowest BCUT2D eigenvalue weighted by atomic mass is 9.96. The van der Waals surface area contributed by atoms with Gasteiger partial charge < -0.3 is 20.1 Å². The number of rotatable bonds is 2. The van der Waals surface area contributed by atoms with Crippen molar-refractivity contribution in [1.82, 2.24) is 25.2 Å². The molecule has 1 unspecified atom stereocenters. The number of aromatic amines is 1. The average Bonchev–Trinajstić information content (AvgIpc) is 3.10. The zero-order valence-electron chi connectivity index (χ0n) is 13.2. The van der Waals surface area contributed by atoms with Crippen LogP contribution in [-0.4, -0.2) is 65.0 Å². The number of hydrogen-bond acceptors (Lipinski definition) is 5. The molecular weight excluding hydrogens is 292 g/mol. The first-order chi connectivity index (χ1) is 11.3. The standard InChI is InChI=1S/C16H22N6O/c23-16(21-8-5-17-6-9-21)12-2-1-7-22(10-12)15-13-3-4-18-14(13)19-11-20-15/h3-4,11-12,17H,1-2,5-10H2,(H,18,19,20). The molecule has 1 atom stereocenters. The van der Waals surface area contributed by atoms with E-state index >= 15 is 0 Å². The summed E-state index contributed by atoms with van der Waals surface area (Å²) in [4.78, 5) is 28.9. The van der Waals surface area contributed by atoms with Gasteiger partial charge in [-0.2, -0.15) is 0 Å². The molecule has 2 N–H and O–H groups in total. The lowest BCUT2D eigenvalue weighted by Gasteiger charge is -2.37. The Hall–Kier alpha value is -2.15. The highest BCUT2D eigenvalue weighted by Crippen LogP contribution is 2.27. The Morgan fingerprint density at radius 3 is 2.96 bits per heavy atom. The van der Waals surface area contributed by atoms with Crippen LogP contribution in [0.2, 0.25) is 0 Å². The van der Waals surface area contributed by atoms with Gasteiger partial charge in [-0.1, -0.05) is 0 Å². The van der Waals surface area contributed by atoms with Crippen LogP contribution in [0.3, 0.4) is 0 Å². The van der Waals surface area contributed by atoms with E-state index < -0.39 is 0 Å². The summed E-state index contributed by atoms with van der Waals surface area (Å²) in [6.45, 7) is 5.15. The Bertz CT molecular complexity index is 693. The third kappa shape index (κ3) is 2.76. The molecule has 0 radical (unpaired) electrons. The largest absolute Gasteiger partial charge is 0.355 e. The maximum absolute atomic E-state index is 12.8. The molecule has 2 saturated heterocycles. The van der Waals surface area contributed by atoms with Crippen molar-refractivity contribution >= 4 is 22.8 Å². The number of carbonyl (C=O) groups is 1. The summed E-state index contributed by atoms with van der Waals surface area (Å²) in [5, 5.41) is 4.33. The lowest BCUT2D eigenvalue weighted by molar-refractivity contribution is -0.136. The third-order valence-corrected chi connectivity index (χ3v) is 4.83.